The van der Waals surface area contributed by atoms with Gasteiger partial charge in [-0.25, -0.2) is 9.37 Å². The summed E-state index contributed by atoms with van der Waals surface area (Å²) in [6, 6.07) is 16.0. The van der Waals surface area contributed by atoms with Gasteiger partial charge in [0.2, 0.25) is 0 Å². The highest BCUT2D eigenvalue weighted by Crippen LogP contribution is 2.45. The van der Waals surface area contributed by atoms with Crippen molar-refractivity contribution in [3.8, 4) is 46.0 Å². The standard InChI is InChI=1S/C28H19ClF4N2O2/c1-27(2)25-24(34-26(35-25)23-19(29)7-5-8-20(23)30)18-13-11-16(14-22(18)37-27)10-12-17-6-3-4-9-21(17)36-15-28(31,32)33/h3-9,11,13-14H,15H2,1-2H3,(H,34,35). The van der Waals surface area contributed by atoms with Crippen molar-refractivity contribution in [2.24, 2.45) is 0 Å². The fourth-order valence-electron chi connectivity index (χ4n) is 4.05. The molecule has 0 spiro atoms. The Morgan fingerprint density at radius 3 is 2.59 bits per heavy atom. The van der Waals surface area contributed by atoms with Gasteiger partial charge in [0, 0.05) is 11.1 Å². The lowest BCUT2D eigenvalue weighted by Crippen LogP contribution is -2.29. The normalized spacial score (nSPS) is 13.6. The Morgan fingerprint density at radius 2 is 1.84 bits per heavy atom. The van der Waals surface area contributed by atoms with Crippen molar-refractivity contribution in [2.45, 2.75) is 25.6 Å². The van der Waals surface area contributed by atoms with E-state index in [9.17, 15) is 17.6 Å². The lowest BCUT2D eigenvalue weighted by Gasteiger charge is -2.31. The highest BCUT2D eigenvalue weighted by atomic mass is 35.5. The number of nitrogens with zero attached hydrogens (tertiary/aromatic N) is 1. The summed E-state index contributed by atoms with van der Waals surface area (Å²) in [5.41, 5.74) is 2.21. The molecule has 1 N–H and O–H groups in total. The quantitative estimate of drug-likeness (QED) is 0.222. The van der Waals surface area contributed by atoms with Crippen molar-refractivity contribution in [1.82, 2.24) is 9.97 Å². The molecule has 9 heteroatoms. The van der Waals surface area contributed by atoms with Crippen molar-refractivity contribution in [2.75, 3.05) is 6.61 Å². The van der Waals surface area contributed by atoms with Gasteiger partial charge in [-0.15, -0.1) is 0 Å². The Balaban J connectivity index is 1.50. The SMILES string of the molecule is CC1(C)Oc2cc(C#Cc3ccccc3OCC(F)(F)F)ccc2-c2nc(-c3c(F)cccc3Cl)[nH]c21. The molecule has 0 unspecified atom stereocenters. The molecule has 0 fully saturated rings. The van der Waals surface area contributed by atoms with E-state index in [0.717, 1.165) is 0 Å². The molecule has 3 aromatic carbocycles. The Labute approximate surface area is 215 Å². The van der Waals surface area contributed by atoms with Crippen LogP contribution in [0.3, 0.4) is 0 Å². The molecular formula is C28H19ClF4N2O2. The second-order valence-electron chi connectivity index (χ2n) is 8.88. The van der Waals surface area contributed by atoms with E-state index in [1.165, 1.54) is 18.2 Å². The van der Waals surface area contributed by atoms with Crippen molar-refractivity contribution >= 4 is 11.6 Å². The first-order valence-electron chi connectivity index (χ1n) is 11.2. The van der Waals surface area contributed by atoms with Gasteiger partial charge >= 0.3 is 6.18 Å². The van der Waals surface area contributed by atoms with Crippen molar-refractivity contribution in [3.63, 3.8) is 0 Å². The fraction of sp³-hybridized carbons (Fsp3) is 0.179. The molecule has 37 heavy (non-hydrogen) atoms. The molecule has 5 rings (SSSR count). The maximum absolute atomic E-state index is 14.5. The minimum Gasteiger partial charge on any atom is -0.483 e. The van der Waals surface area contributed by atoms with Crippen molar-refractivity contribution in [3.05, 3.63) is 88.3 Å². The van der Waals surface area contributed by atoms with Crippen LogP contribution in [0.5, 0.6) is 11.5 Å². The summed E-state index contributed by atoms with van der Waals surface area (Å²) in [5, 5.41) is 0.232. The number of imidazole rings is 1. The highest BCUT2D eigenvalue weighted by molar-refractivity contribution is 6.33. The molecule has 1 aromatic heterocycles. The molecule has 4 aromatic rings. The molecule has 2 heterocycles. The topological polar surface area (TPSA) is 47.1 Å². The molecule has 1 aliphatic heterocycles. The summed E-state index contributed by atoms with van der Waals surface area (Å²) in [4.78, 5) is 7.82. The number of rotatable bonds is 3. The summed E-state index contributed by atoms with van der Waals surface area (Å²) >= 11 is 6.25. The molecule has 0 saturated carbocycles. The number of hydrogen-bond acceptors (Lipinski definition) is 3. The van der Waals surface area contributed by atoms with E-state index in [0.29, 0.717) is 33.8 Å². The van der Waals surface area contributed by atoms with Gasteiger partial charge in [0.1, 0.15) is 28.7 Å². The Kier molecular flexibility index (Phi) is 6.12. The number of nitrogens with one attached hydrogen (secondary N) is 1. The van der Waals surface area contributed by atoms with E-state index < -0.39 is 24.2 Å². The maximum atomic E-state index is 14.5. The number of aromatic nitrogens is 2. The predicted octanol–water partition coefficient (Wildman–Crippen LogP) is 7.50. The molecule has 188 valence electrons. The van der Waals surface area contributed by atoms with Crippen LogP contribution in [0.2, 0.25) is 5.02 Å². The van der Waals surface area contributed by atoms with Crippen LogP contribution in [0.1, 0.15) is 30.7 Å². The molecule has 0 atom stereocenters. The summed E-state index contributed by atoms with van der Waals surface area (Å²) in [7, 11) is 0. The zero-order chi connectivity index (χ0) is 26.4. The van der Waals surface area contributed by atoms with Crippen LogP contribution in [0.4, 0.5) is 17.6 Å². The van der Waals surface area contributed by atoms with Gasteiger partial charge in [-0.1, -0.05) is 41.6 Å². The lowest BCUT2D eigenvalue weighted by molar-refractivity contribution is -0.153. The third kappa shape index (κ3) is 5.00. The number of fused-ring (bicyclic) bond motifs is 3. The van der Waals surface area contributed by atoms with E-state index in [1.54, 1.807) is 42.5 Å². The third-order valence-corrected chi connectivity index (χ3v) is 6.04. The summed E-state index contributed by atoms with van der Waals surface area (Å²) in [6.07, 6.45) is -4.45. The number of halogens is 5. The number of H-pyrrole nitrogens is 1. The van der Waals surface area contributed by atoms with E-state index in [1.807, 2.05) is 13.8 Å². The van der Waals surface area contributed by atoms with E-state index in [-0.39, 0.29) is 22.2 Å². The monoisotopic (exact) mass is 526 g/mol. The largest absolute Gasteiger partial charge is 0.483 e. The van der Waals surface area contributed by atoms with Crippen LogP contribution in [0, 0.1) is 17.7 Å². The molecule has 0 aliphatic carbocycles. The average Bonchev–Trinajstić information content (AvgIpc) is 3.27. The molecule has 4 nitrogen and oxygen atoms in total. The Morgan fingerprint density at radius 1 is 1.05 bits per heavy atom. The van der Waals surface area contributed by atoms with Crippen LogP contribution in [0.15, 0.2) is 60.7 Å². The summed E-state index contributed by atoms with van der Waals surface area (Å²) in [6.45, 7) is 2.30. The average molecular weight is 527 g/mol. The summed E-state index contributed by atoms with van der Waals surface area (Å²) < 4.78 is 63.4. The molecule has 0 saturated heterocycles. The van der Waals surface area contributed by atoms with Gasteiger partial charge in [-0.2, -0.15) is 13.2 Å². The number of hydrogen-bond donors (Lipinski definition) is 1. The first-order chi connectivity index (χ1) is 17.5. The molecule has 0 radical (unpaired) electrons. The minimum absolute atomic E-state index is 0.0446. The zero-order valence-corrected chi connectivity index (χ0v) is 20.4. The smallest absolute Gasteiger partial charge is 0.422 e. The minimum atomic E-state index is -4.45. The van der Waals surface area contributed by atoms with Crippen molar-refractivity contribution in [1.29, 1.82) is 0 Å². The number of para-hydroxylation sites is 1. The number of ether oxygens (including phenoxy) is 2. The first kappa shape index (κ1) is 24.7. The first-order valence-corrected chi connectivity index (χ1v) is 11.6. The third-order valence-electron chi connectivity index (χ3n) is 5.73. The van der Waals surface area contributed by atoms with Gasteiger partial charge < -0.3 is 14.5 Å². The van der Waals surface area contributed by atoms with Gasteiger partial charge in [-0.3, -0.25) is 0 Å². The second-order valence-corrected chi connectivity index (χ2v) is 9.29. The molecule has 0 amide bonds. The van der Waals surface area contributed by atoms with Crippen LogP contribution in [0.25, 0.3) is 22.6 Å². The van der Waals surface area contributed by atoms with Gasteiger partial charge in [-0.05, 0) is 56.3 Å². The zero-order valence-electron chi connectivity index (χ0n) is 19.6. The van der Waals surface area contributed by atoms with Crippen molar-refractivity contribution < 1.29 is 27.0 Å². The lowest BCUT2D eigenvalue weighted by atomic mass is 9.94. The second kappa shape index (κ2) is 9.16. The van der Waals surface area contributed by atoms with Crippen LogP contribution < -0.4 is 9.47 Å². The molecule has 1 aliphatic rings. The fourth-order valence-corrected chi connectivity index (χ4v) is 4.30. The van der Waals surface area contributed by atoms with E-state index >= 15 is 0 Å². The predicted molar refractivity (Wildman–Crippen MR) is 132 cm³/mol. The number of aromatic amines is 1. The van der Waals surface area contributed by atoms with Gasteiger partial charge in [0.15, 0.2) is 6.61 Å². The molecular weight excluding hydrogens is 508 g/mol. The van der Waals surface area contributed by atoms with Crippen LogP contribution in [-0.4, -0.2) is 22.8 Å². The van der Waals surface area contributed by atoms with Gasteiger partial charge in [0.25, 0.3) is 0 Å². The summed E-state index contributed by atoms with van der Waals surface area (Å²) in [5.74, 6) is 6.19. The number of benzene rings is 3. The van der Waals surface area contributed by atoms with Crippen LogP contribution >= 0.6 is 11.6 Å². The van der Waals surface area contributed by atoms with Gasteiger partial charge in [0.05, 0.1) is 27.5 Å². The Hall–Kier alpha value is -3.96. The molecule has 0 bridgehead atoms. The maximum Gasteiger partial charge on any atom is 0.422 e. The van der Waals surface area contributed by atoms with Crippen LogP contribution in [-0.2, 0) is 5.60 Å². The number of alkyl halides is 3. The Bertz CT molecular complexity index is 1540. The van der Waals surface area contributed by atoms with E-state index in [4.69, 9.17) is 21.1 Å². The van der Waals surface area contributed by atoms with E-state index in [2.05, 4.69) is 21.8 Å². The highest BCUT2D eigenvalue weighted by Gasteiger charge is 2.36.